The highest BCUT2D eigenvalue weighted by molar-refractivity contribution is 5.91. The van der Waals surface area contributed by atoms with Gasteiger partial charge in [0.15, 0.2) is 5.76 Å². The third-order valence-electron chi connectivity index (χ3n) is 2.32. The lowest BCUT2D eigenvalue weighted by atomic mass is 10.2. The predicted molar refractivity (Wildman–Crippen MR) is 66.8 cm³/mol. The zero-order chi connectivity index (χ0) is 13.5. The van der Waals surface area contributed by atoms with Gasteiger partial charge in [-0.15, -0.1) is 0 Å². The largest absolute Gasteiger partial charge is 0.455 e. The van der Waals surface area contributed by atoms with E-state index in [0.717, 1.165) is 0 Å². The van der Waals surface area contributed by atoms with Gasteiger partial charge in [-0.2, -0.15) is 0 Å². The number of nitrogens with two attached hydrogens (primary N) is 1. The normalized spacial score (nSPS) is 10.4. The van der Waals surface area contributed by atoms with Gasteiger partial charge in [-0.25, -0.2) is 0 Å². The van der Waals surface area contributed by atoms with Crippen LogP contribution in [-0.4, -0.2) is 24.9 Å². The first kappa shape index (κ1) is 14.2. The minimum Gasteiger partial charge on any atom is -0.455 e. The Morgan fingerprint density at radius 3 is 2.50 bits per heavy atom. The Labute approximate surface area is 106 Å². The molecule has 0 aromatic carbocycles. The molecule has 2 amide bonds. The van der Waals surface area contributed by atoms with Crippen LogP contribution in [0.5, 0.6) is 0 Å². The molecule has 0 atom stereocenters. The van der Waals surface area contributed by atoms with E-state index in [1.54, 1.807) is 12.1 Å². The number of carbonyl (C=O) groups is 2. The molecule has 0 bridgehead atoms. The van der Waals surface area contributed by atoms with Crippen LogP contribution in [-0.2, 0) is 11.3 Å². The number of carbonyl (C=O) groups excluding carboxylic acids is 2. The van der Waals surface area contributed by atoms with E-state index in [1.165, 1.54) is 0 Å². The molecule has 0 aliphatic rings. The summed E-state index contributed by atoms with van der Waals surface area (Å²) in [4.78, 5) is 22.8. The van der Waals surface area contributed by atoms with Gasteiger partial charge in [0.2, 0.25) is 5.91 Å². The third kappa shape index (κ3) is 4.21. The molecule has 18 heavy (non-hydrogen) atoms. The van der Waals surface area contributed by atoms with E-state index >= 15 is 0 Å². The van der Waals surface area contributed by atoms with Crippen molar-refractivity contribution in [3.8, 4) is 0 Å². The van der Waals surface area contributed by atoms with Gasteiger partial charge in [0.1, 0.15) is 5.76 Å². The summed E-state index contributed by atoms with van der Waals surface area (Å²) in [7, 11) is 0. The molecule has 0 saturated heterocycles. The van der Waals surface area contributed by atoms with Gasteiger partial charge in [0.05, 0.1) is 6.54 Å². The Morgan fingerprint density at radius 2 is 1.94 bits per heavy atom. The van der Waals surface area contributed by atoms with Crippen LogP contribution in [0.15, 0.2) is 16.5 Å². The summed E-state index contributed by atoms with van der Waals surface area (Å²) >= 11 is 0. The molecule has 0 aliphatic heterocycles. The number of furan rings is 1. The van der Waals surface area contributed by atoms with E-state index in [-0.39, 0.29) is 30.0 Å². The van der Waals surface area contributed by atoms with Crippen molar-refractivity contribution in [1.82, 2.24) is 10.6 Å². The molecular weight excluding hydrogens is 234 g/mol. The van der Waals surface area contributed by atoms with Gasteiger partial charge >= 0.3 is 0 Å². The maximum atomic E-state index is 11.6. The van der Waals surface area contributed by atoms with Crippen LogP contribution in [0.1, 0.15) is 30.2 Å². The van der Waals surface area contributed by atoms with Crippen molar-refractivity contribution in [1.29, 1.82) is 0 Å². The Hall–Kier alpha value is -1.82. The molecule has 0 fully saturated rings. The minimum absolute atomic E-state index is 0.0346. The van der Waals surface area contributed by atoms with E-state index in [2.05, 4.69) is 10.6 Å². The van der Waals surface area contributed by atoms with Crippen molar-refractivity contribution < 1.29 is 14.0 Å². The first-order valence-electron chi connectivity index (χ1n) is 5.89. The molecule has 0 saturated carbocycles. The summed E-state index contributed by atoms with van der Waals surface area (Å²) in [5.74, 6) is 0.387. The Balaban J connectivity index is 2.27. The van der Waals surface area contributed by atoms with Crippen molar-refractivity contribution in [2.45, 2.75) is 20.4 Å². The first-order chi connectivity index (χ1) is 8.54. The molecule has 0 spiro atoms. The number of hydrogen-bond acceptors (Lipinski definition) is 4. The minimum atomic E-state index is -0.312. The highest BCUT2D eigenvalue weighted by atomic mass is 16.4. The second kappa shape index (κ2) is 6.80. The van der Waals surface area contributed by atoms with Crippen molar-refractivity contribution >= 4 is 11.8 Å². The molecule has 1 heterocycles. The Kier molecular flexibility index (Phi) is 5.38. The number of rotatable bonds is 6. The second-order valence-corrected chi connectivity index (χ2v) is 4.17. The predicted octanol–water partition coefficient (Wildman–Crippen LogP) is 0.240. The van der Waals surface area contributed by atoms with Crippen molar-refractivity contribution in [3.05, 3.63) is 23.7 Å². The van der Waals surface area contributed by atoms with E-state index in [0.29, 0.717) is 18.8 Å². The fraction of sp³-hybridized carbons (Fsp3) is 0.500. The lowest BCUT2D eigenvalue weighted by Crippen LogP contribution is -2.36. The van der Waals surface area contributed by atoms with Crippen LogP contribution in [0.3, 0.4) is 0 Å². The van der Waals surface area contributed by atoms with Gasteiger partial charge in [-0.1, -0.05) is 13.8 Å². The fourth-order valence-corrected chi connectivity index (χ4v) is 1.26. The Bertz CT molecular complexity index is 412. The lowest BCUT2D eigenvalue weighted by molar-refractivity contribution is -0.123. The number of amides is 2. The molecule has 0 aliphatic carbocycles. The first-order valence-corrected chi connectivity index (χ1v) is 5.89. The molecule has 0 unspecified atom stereocenters. The van der Waals surface area contributed by atoms with Crippen LogP contribution in [0.4, 0.5) is 0 Å². The maximum Gasteiger partial charge on any atom is 0.287 e. The van der Waals surface area contributed by atoms with E-state index in [4.69, 9.17) is 10.2 Å². The zero-order valence-corrected chi connectivity index (χ0v) is 10.7. The summed E-state index contributed by atoms with van der Waals surface area (Å²) in [6.45, 7) is 4.64. The van der Waals surface area contributed by atoms with Gasteiger partial charge < -0.3 is 20.8 Å². The van der Waals surface area contributed by atoms with Gasteiger partial charge in [-0.3, -0.25) is 9.59 Å². The van der Waals surface area contributed by atoms with E-state index < -0.39 is 0 Å². The highest BCUT2D eigenvalue weighted by Gasteiger charge is 2.10. The highest BCUT2D eigenvalue weighted by Crippen LogP contribution is 2.06. The average Bonchev–Trinajstić information content (AvgIpc) is 2.82. The summed E-state index contributed by atoms with van der Waals surface area (Å²) in [5, 5.41) is 5.34. The second-order valence-electron chi connectivity index (χ2n) is 4.17. The smallest absolute Gasteiger partial charge is 0.287 e. The summed E-state index contributed by atoms with van der Waals surface area (Å²) < 4.78 is 5.19. The molecule has 1 aromatic rings. The fourth-order valence-electron chi connectivity index (χ4n) is 1.26. The maximum absolute atomic E-state index is 11.6. The third-order valence-corrected chi connectivity index (χ3v) is 2.32. The van der Waals surface area contributed by atoms with Crippen LogP contribution in [0, 0.1) is 5.92 Å². The molecule has 6 heteroatoms. The van der Waals surface area contributed by atoms with Crippen molar-refractivity contribution in [3.63, 3.8) is 0 Å². The number of hydrogen-bond donors (Lipinski definition) is 3. The van der Waals surface area contributed by atoms with Crippen molar-refractivity contribution in [2.24, 2.45) is 11.7 Å². The molecule has 0 radical (unpaired) electrons. The lowest BCUT2D eigenvalue weighted by Gasteiger charge is -2.07. The molecule has 1 rings (SSSR count). The van der Waals surface area contributed by atoms with Crippen LogP contribution < -0.4 is 16.4 Å². The van der Waals surface area contributed by atoms with Gasteiger partial charge in [-0.05, 0) is 12.1 Å². The average molecular weight is 253 g/mol. The van der Waals surface area contributed by atoms with E-state index in [1.807, 2.05) is 13.8 Å². The summed E-state index contributed by atoms with van der Waals surface area (Å²) in [6.07, 6.45) is 0. The van der Waals surface area contributed by atoms with Gasteiger partial charge in [0.25, 0.3) is 5.91 Å². The van der Waals surface area contributed by atoms with E-state index in [9.17, 15) is 9.59 Å². The standard InChI is InChI=1S/C12H19N3O3/c1-8(2)11(16)14-5-6-15-12(17)10-4-3-9(7-13)18-10/h3-4,8H,5-7,13H2,1-2H3,(H,14,16)(H,15,17). The van der Waals surface area contributed by atoms with Gasteiger partial charge in [0, 0.05) is 19.0 Å². The van der Waals surface area contributed by atoms with Crippen LogP contribution in [0.2, 0.25) is 0 Å². The summed E-state index contributed by atoms with van der Waals surface area (Å²) in [5.41, 5.74) is 5.37. The number of nitrogens with one attached hydrogen (secondary N) is 2. The molecule has 4 N–H and O–H groups in total. The molecular formula is C12H19N3O3. The molecule has 1 aromatic heterocycles. The van der Waals surface area contributed by atoms with Crippen LogP contribution in [0.25, 0.3) is 0 Å². The monoisotopic (exact) mass is 253 g/mol. The summed E-state index contributed by atoms with van der Waals surface area (Å²) in [6, 6.07) is 3.24. The SMILES string of the molecule is CC(C)C(=O)NCCNC(=O)c1ccc(CN)o1. The van der Waals surface area contributed by atoms with Crippen LogP contribution >= 0.6 is 0 Å². The molecule has 6 nitrogen and oxygen atoms in total. The Morgan fingerprint density at radius 1 is 1.28 bits per heavy atom. The topological polar surface area (TPSA) is 97.4 Å². The molecule has 100 valence electrons. The zero-order valence-electron chi connectivity index (χ0n) is 10.7. The van der Waals surface area contributed by atoms with Crippen molar-refractivity contribution in [2.75, 3.05) is 13.1 Å². The quantitative estimate of drug-likeness (QED) is 0.633.